The van der Waals surface area contributed by atoms with Crippen LogP contribution >= 0.6 is 15.9 Å². The van der Waals surface area contributed by atoms with Crippen molar-refractivity contribution >= 4 is 21.8 Å². The van der Waals surface area contributed by atoms with Crippen LogP contribution in [0.5, 0.6) is 0 Å². The Balaban J connectivity index is 1.78. The quantitative estimate of drug-likeness (QED) is 0.873. The van der Waals surface area contributed by atoms with Gasteiger partial charge in [-0.2, -0.15) is 10.2 Å². The Morgan fingerprint density at radius 1 is 1.40 bits per heavy atom. The van der Waals surface area contributed by atoms with E-state index in [0.717, 1.165) is 22.3 Å². The van der Waals surface area contributed by atoms with E-state index in [2.05, 4.69) is 31.4 Å². The Morgan fingerprint density at radius 2 is 2.20 bits per heavy atom. The molecule has 108 valence electrons. The fraction of sp³-hybridized carbons (Fsp3) is 0.462. The Hall–Kier alpha value is -1.63. The summed E-state index contributed by atoms with van der Waals surface area (Å²) in [6, 6.07) is 0. The minimum Gasteiger partial charge on any atom is -0.352 e. The number of nitrogens with zero attached hydrogens (tertiary/aromatic N) is 4. The van der Waals surface area contributed by atoms with Crippen LogP contribution in [0.4, 0.5) is 0 Å². The summed E-state index contributed by atoms with van der Waals surface area (Å²) >= 11 is 3.32. The van der Waals surface area contributed by atoms with Crippen LogP contribution in [-0.4, -0.2) is 25.5 Å². The SMILES string of the molecule is CCn1cc(CNC(=O)CCn2cc(Br)cn2)c(C)n1. The molecule has 2 aromatic heterocycles. The molecule has 6 nitrogen and oxygen atoms in total. The molecular formula is C13H18BrN5O. The average molecular weight is 340 g/mol. The van der Waals surface area contributed by atoms with Gasteiger partial charge < -0.3 is 5.32 Å². The highest BCUT2D eigenvalue weighted by Crippen LogP contribution is 2.07. The Labute approximate surface area is 126 Å². The second-order valence-corrected chi connectivity index (χ2v) is 5.46. The third-order valence-corrected chi connectivity index (χ3v) is 3.43. The molecular weight excluding hydrogens is 322 g/mol. The van der Waals surface area contributed by atoms with Gasteiger partial charge in [-0.15, -0.1) is 0 Å². The lowest BCUT2D eigenvalue weighted by Gasteiger charge is -2.04. The Bertz CT molecular complexity index is 589. The first kappa shape index (κ1) is 14.8. The van der Waals surface area contributed by atoms with Crippen LogP contribution in [0.15, 0.2) is 23.1 Å². The van der Waals surface area contributed by atoms with E-state index < -0.39 is 0 Å². The standard InChI is InChI=1S/C13H18BrN5O/c1-3-18-8-11(10(2)17-18)6-15-13(20)4-5-19-9-12(14)7-16-19/h7-9H,3-6H2,1-2H3,(H,15,20). The van der Waals surface area contributed by atoms with Crippen LogP contribution in [-0.2, 0) is 24.4 Å². The van der Waals surface area contributed by atoms with Gasteiger partial charge in [0.05, 0.1) is 16.4 Å². The number of hydrogen-bond acceptors (Lipinski definition) is 3. The van der Waals surface area contributed by atoms with Crippen LogP contribution in [0.25, 0.3) is 0 Å². The van der Waals surface area contributed by atoms with Crippen LogP contribution < -0.4 is 5.32 Å². The lowest BCUT2D eigenvalue weighted by atomic mass is 10.2. The van der Waals surface area contributed by atoms with E-state index in [1.54, 1.807) is 10.9 Å². The van der Waals surface area contributed by atoms with Gasteiger partial charge >= 0.3 is 0 Å². The number of halogens is 1. The minimum absolute atomic E-state index is 0.0141. The molecule has 7 heteroatoms. The molecule has 0 aliphatic heterocycles. The molecule has 20 heavy (non-hydrogen) atoms. The summed E-state index contributed by atoms with van der Waals surface area (Å²) in [5.74, 6) is 0.0141. The van der Waals surface area contributed by atoms with Crippen molar-refractivity contribution in [3.63, 3.8) is 0 Å². The molecule has 1 N–H and O–H groups in total. The molecule has 0 fully saturated rings. The Morgan fingerprint density at radius 3 is 2.80 bits per heavy atom. The highest BCUT2D eigenvalue weighted by Gasteiger charge is 2.07. The summed E-state index contributed by atoms with van der Waals surface area (Å²) in [6.07, 6.45) is 5.94. The molecule has 0 aromatic carbocycles. The van der Waals surface area contributed by atoms with Gasteiger partial charge in [0.25, 0.3) is 0 Å². The van der Waals surface area contributed by atoms with E-state index in [1.165, 1.54) is 0 Å². The first-order valence-corrected chi connectivity index (χ1v) is 7.35. The first-order valence-electron chi connectivity index (χ1n) is 6.56. The number of carbonyl (C=O) groups is 1. The van der Waals surface area contributed by atoms with E-state index >= 15 is 0 Å². The topological polar surface area (TPSA) is 64.7 Å². The average Bonchev–Trinajstić information content (AvgIpc) is 3.00. The number of aryl methyl sites for hydroxylation is 3. The molecule has 2 heterocycles. The van der Waals surface area contributed by atoms with Gasteiger partial charge in [0.2, 0.25) is 5.91 Å². The van der Waals surface area contributed by atoms with Crippen molar-refractivity contribution in [2.24, 2.45) is 0 Å². The second-order valence-electron chi connectivity index (χ2n) is 4.54. The van der Waals surface area contributed by atoms with Crippen molar-refractivity contribution < 1.29 is 4.79 Å². The maximum atomic E-state index is 11.8. The summed E-state index contributed by atoms with van der Waals surface area (Å²) in [5, 5.41) is 11.4. The van der Waals surface area contributed by atoms with E-state index in [9.17, 15) is 4.79 Å². The van der Waals surface area contributed by atoms with Crippen molar-refractivity contribution in [3.05, 3.63) is 34.3 Å². The van der Waals surface area contributed by atoms with Crippen LogP contribution in [0.2, 0.25) is 0 Å². The summed E-state index contributed by atoms with van der Waals surface area (Å²) in [4.78, 5) is 11.8. The van der Waals surface area contributed by atoms with Crippen molar-refractivity contribution in [2.75, 3.05) is 0 Å². The molecule has 0 bridgehead atoms. The molecule has 0 atom stereocenters. The molecule has 0 unspecified atom stereocenters. The maximum absolute atomic E-state index is 11.8. The number of nitrogens with one attached hydrogen (secondary N) is 1. The lowest BCUT2D eigenvalue weighted by molar-refractivity contribution is -0.121. The van der Waals surface area contributed by atoms with Crippen molar-refractivity contribution in [1.82, 2.24) is 24.9 Å². The molecule has 0 saturated carbocycles. The number of aromatic nitrogens is 4. The predicted molar refractivity (Wildman–Crippen MR) is 79.0 cm³/mol. The number of carbonyl (C=O) groups excluding carboxylic acids is 1. The largest absolute Gasteiger partial charge is 0.352 e. The Kier molecular flexibility index (Phi) is 4.94. The zero-order chi connectivity index (χ0) is 14.5. The summed E-state index contributed by atoms with van der Waals surface area (Å²) in [5.41, 5.74) is 2.02. The van der Waals surface area contributed by atoms with Crippen molar-refractivity contribution in [1.29, 1.82) is 0 Å². The predicted octanol–water partition coefficient (Wildman–Crippen LogP) is 1.88. The van der Waals surface area contributed by atoms with Crippen LogP contribution in [0, 0.1) is 6.92 Å². The van der Waals surface area contributed by atoms with Crippen molar-refractivity contribution in [3.8, 4) is 0 Å². The smallest absolute Gasteiger partial charge is 0.222 e. The van der Waals surface area contributed by atoms with Gasteiger partial charge in [-0.1, -0.05) is 0 Å². The molecule has 0 spiro atoms. The summed E-state index contributed by atoms with van der Waals surface area (Å²) < 4.78 is 4.53. The highest BCUT2D eigenvalue weighted by molar-refractivity contribution is 9.10. The maximum Gasteiger partial charge on any atom is 0.222 e. The third kappa shape index (κ3) is 3.93. The highest BCUT2D eigenvalue weighted by atomic mass is 79.9. The molecule has 0 radical (unpaired) electrons. The zero-order valence-corrected chi connectivity index (χ0v) is 13.2. The number of amides is 1. The molecule has 2 aromatic rings. The molecule has 0 saturated heterocycles. The molecule has 0 aliphatic rings. The van der Waals surface area contributed by atoms with Crippen LogP contribution in [0.1, 0.15) is 24.6 Å². The van der Waals surface area contributed by atoms with E-state index in [1.807, 2.05) is 30.9 Å². The fourth-order valence-corrected chi connectivity index (χ4v) is 2.18. The second kappa shape index (κ2) is 6.69. The van der Waals surface area contributed by atoms with E-state index in [4.69, 9.17) is 0 Å². The first-order chi connectivity index (χ1) is 9.58. The normalized spacial score (nSPS) is 10.8. The summed E-state index contributed by atoms with van der Waals surface area (Å²) in [6.45, 7) is 5.92. The monoisotopic (exact) mass is 339 g/mol. The minimum atomic E-state index is 0.0141. The summed E-state index contributed by atoms with van der Waals surface area (Å²) in [7, 11) is 0. The van der Waals surface area contributed by atoms with Crippen LogP contribution in [0.3, 0.4) is 0 Å². The van der Waals surface area contributed by atoms with Crippen molar-refractivity contribution in [2.45, 2.75) is 39.9 Å². The van der Waals surface area contributed by atoms with Gasteiger partial charge in [0.1, 0.15) is 0 Å². The fourth-order valence-electron chi connectivity index (χ4n) is 1.85. The van der Waals surface area contributed by atoms with E-state index in [-0.39, 0.29) is 5.91 Å². The molecule has 0 aliphatic carbocycles. The van der Waals surface area contributed by atoms with Gasteiger partial charge in [-0.3, -0.25) is 14.2 Å². The van der Waals surface area contributed by atoms with E-state index in [0.29, 0.717) is 19.5 Å². The van der Waals surface area contributed by atoms with Gasteiger partial charge in [-0.05, 0) is 29.8 Å². The zero-order valence-electron chi connectivity index (χ0n) is 11.6. The van der Waals surface area contributed by atoms with Gasteiger partial charge in [-0.25, -0.2) is 0 Å². The number of rotatable bonds is 6. The number of hydrogen-bond donors (Lipinski definition) is 1. The third-order valence-electron chi connectivity index (χ3n) is 3.02. The lowest BCUT2D eigenvalue weighted by Crippen LogP contribution is -2.24. The molecule has 2 rings (SSSR count). The van der Waals surface area contributed by atoms with Gasteiger partial charge in [0, 0.05) is 44.0 Å². The molecule has 1 amide bonds. The van der Waals surface area contributed by atoms with Gasteiger partial charge in [0.15, 0.2) is 0 Å².